The van der Waals surface area contributed by atoms with Crippen molar-refractivity contribution in [2.45, 2.75) is 37.2 Å². The normalized spacial score (nSPS) is 21.7. The zero-order valence-corrected chi connectivity index (χ0v) is 19.6. The molecular weight excluding hydrogens is 442 g/mol. The van der Waals surface area contributed by atoms with E-state index in [1.54, 1.807) is 24.0 Å². The Hall–Kier alpha value is -3.96. The molecule has 0 amide bonds. The number of nitriles is 1. The molecule has 1 fully saturated rings. The highest BCUT2D eigenvalue weighted by Crippen LogP contribution is 2.40. The van der Waals surface area contributed by atoms with Crippen molar-refractivity contribution < 1.29 is 9.47 Å². The largest absolute Gasteiger partial charge is 0.384 e. The number of methoxy groups -OCH3 is 1. The number of anilines is 1. The molecule has 2 aliphatic carbocycles. The van der Waals surface area contributed by atoms with Crippen LogP contribution in [0.4, 0.5) is 5.82 Å². The molecule has 1 saturated carbocycles. The predicted octanol–water partition coefficient (Wildman–Crippen LogP) is 3.88. The first kappa shape index (κ1) is 22.8. The second-order valence-electron chi connectivity index (χ2n) is 8.75. The van der Waals surface area contributed by atoms with Gasteiger partial charge in [0.2, 0.25) is 0 Å². The lowest BCUT2D eigenvalue weighted by Gasteiger charge is -2.34. The Morgan fingerprint density at radius 2 is 2.09 bits per heavy atom. The van der Waals surface area contributed by atoms with Crippen LogP contribution in [0.2, 0.25) is 0 Å². The number of nitrogen functional groups attached to an aromatic ring is 1. The van der Waals surface area contributed by atoms with Crippen LogP contribution >= 0.6 is 0 Å². The van der Waals surface area contributed by atoms with Crippen molar-refractivity contribution in [1.82, 2.24) is 24.4 Å². The van der Waals surface area contributed by atoms with Crippen molar-refractivity contribution in [2.24, 2.45) is 0 Å². The molecule has 5 rings (SSSR count). The molecule has 0 saturated heterocycles. The molecule has 178 valence electrons. The van der Waals surface area contributed by atoms with Crippen LogP contribution in [0, 0.1) is 11.3 Å². The molecule has 0 spiro atoms. The van der Waals surface area contributed by atoms with E-state index in [-0.39, 0.29) is 5.92 Å². The van der Waals surface area contributed by atoms with Gasteiger partial charge >= 0.3 is 0 Å². The first-order chi connectivity index (χ1) is 17.1. The van der Waals surface area contributed by atoms with Crippen LogP contribution in [0.5, 0.6) is 0 Å². The Bertz CT molecular complexity index is 1390. The van der Waals surface area contributed by atoms with Crippen LogP contribution in [0.3, 0.4) is 0 Å². The molecule has 35 heavy (non-hydrogen) atoms. The Kier molecular flexibility index (Phi) is 6.34. The van der Waals surface area contributed by atoms with Crippen LogP contribution in [-0.4, -0.2) is 50.3 Å². The van der Waals surface area contributed by atoms with E-state index >= 15 is 0 Å². The van der Waals surface area contributed by atoms with Gasteiger partial charge in [0.25, 0.3) is 0 Å². The van der Waals surface area contributed by atoms with Gasteiger partial charge in [-0.3, -0.25) is 0 Å². The van der Waals surface area contributed by atoms with E-state index in [0.29, 0.717) is 37.5 Å². The first-order valence-electron chi connectivity index (χ1n) is 11.7. The van der Waals surface area contributed by atoms with Gasteiger partial charge in [0, 0.05) is 42.1 Å². The molecule has 0 bridgehead atoms. The highest BCUT2D eigenvalue weighted by atomic mass is 16.5. The minimum Gasteiger partial charge on any atom is -0.384 e. The van der Waals surface area contributed by atoms with Gasteiger partial charge < -0.3 is 15.2 Å². The monoisotopic (exact) mass is 469 g/mol. The Balaban J connectivity index is 1.40. The van der Waals surface area contributed by atoms with Crippen molar-refractivity contribution in [2.75, 3.05) is 26.1 Å². The number of fused-ring (bicyclic) bond motifs is 1. The van der Waals surface area contributed by atoms with Crippen molar-refractivity contribution in [3.05, 3.63) is 66.5 Å². The topological polar surface area (TPSA) is 116 Å². The second-order valence-corrected chi connectivity index (χ2v) is 8.75. The fraction of sp³-hybridized carbons (Fsp3) is 0.346. The maximum atomic E-state index is 9.74. The minimum absolute atomic E-state index is 0.195. The Morgan fingerprint density at radius 3 is 2.89 bits per heavy atom. The molecular formula is C26H27N7O2. The van der Waals surface area contributed by atoms with Gasteiger partial charge in [-0.1, -0.05) is 6.08 Å². The van der Waals surface area contributed by atoms with Crippen molar-refractivity contribution in [3.63, 3.8) is 0 Å². The predicted molar refractivity (Wildman–Crippen MR) is 132 cm³/mol. The highest BCUT2D eigenvalue weighted by molar-refractivity contribution is 5.78. The Morgan fingerprint density at radius 1 is 1.23 bits per heavy atom. The summed E-state index contributed by atoms with van der Waals surface area (Å²) >= 11 is 0. The smallest absolute Gasteiger partial charge is 0.165 e. The molecule has 0 aromatic carbocycles. The highest BCUT2D eigenvalue weighted by Gasteiger charge is 2.37. The molecule has 2 aliphatic rings. The fourth-order valence-corrected chi connectivity index (χ4v) is 4.61. The molecule has 0 atom stereocenters. The average Bonchev–Trinajstić information content (AvgIpc) is 3.44. The van der Waals surface area contributed by atoms with Crippen LogP contribution < -0.4 is 5.73 Å². The zero-order valence-electron chi connectivity index (χ0n) is 19.6. The van der Waals surface area contributed by atoms with Crippen LogP contribution in [-0.2, 0) is 9.47 Å². The number of aromatic nitrogens is 5. The third-order valence-electron chi connectivity index (χ3n) is 6.57. The molecule has 9 heteroatoms. The van der Waals surface area contributed by atoms with Gasteiger partial charge in [0.05, 0.1) is 37.4 Å². The number of hydrogen-bond acceptors (Lipinski definition) is 7. The number of allylic oxidation sites excluding steroid dienone is 5. The van der Waals surface area contributed by atoms with Crippen LogP contribution in [0.25, 0.3) is 22.5 Å². The molecule has 3 aromatic rings. The number of ether oxygens (including phenoxy) is 2. The van der Waals surface area contributed by atoms with Crippen LogP contribution in [0.1, 0.15) is 37.3 Å². The summed E-state index contributed by atoms with van der Waals surface area (Å²) in [6, 6.07) is 4.28. The zero-order chi connectivity index (χ0) is 24.3. The molecule has 2 N–H and O–H groups in total. The number of nitrogens with two attached hydrogens (primary N) is 1. The van der Waals surface area contributed by atoms with E-state index in [1.165, 1.54) is 0 Å². The number of nitrogens with zero attached hydrogens (tertiary/aromatic N) is 6. The van der Waals surface area contributed by atoms with Crippen molar-refractivity contribution in [1.29, 1.82) is 5.26 Å². The van der Waals surface area contributed by atoms with E-state index < -0.39 is 5.60 Å². The summed E-state index contributed by atoms with van der Waals surface area (Å²) < 4.78 is 14.4. The van der Waals surface area contributed by atoms with Crippen molar-refractivity contribution >= 4 is 17.2 Å². The summed E-state index contributed by atoms with van der Waals surface area (Å²) in [4.78, 5) is 4.97. The SMILES string of the molecule is COCCOC1(C#N)CCC(c2cc(N)n3ncc(-c4cnn(C5=CC=C=CC=C5)c4)c3n2)CC1. The molecule has 3 heterocycles. The van der Waals surface area contributed by atoms with Gasteiger partial charge in [0.15, 0.2) is 11.2 Å². The Labute approximate surface area is 203 Å². The van der Waals surface area contributed by atoms with Gasteiger partial charge in [-0.2, -0.15) is 20.0 Å². The van der Waals surface area contributed by atoms with Crippen LogP contribution in [0.15, 0.2) is 60.8 Å². The minimum atomic E-state index is -0.757. The molecule has 0 unspecified atom stereocenters. The first-order valence-corrected chi connectivity index (χ1v) is 11.7. The second kappa shape index (κ2) is 9.72. The summed E-state index contributed by atoms with van der Waals surface area (Å²) in [5.41, 5.74) is 13.0. The average molecular weight is 470 g/mol. The molecule has 0 aliphatic heterocycles. The van der Waals surface area contributed by atoms with Gasteiger partial charge in [0.1, 0.15) is 5.82 Å². The van der Waals surface area contributed by atoms with Gasteiger partial charge in [-0.15, -0.1) is 5.73 Å². The molecule has 3 aromatic heterocycles. The lowest BCUT2D eigenvalue weighted by atomic mass is 9.78. The maximum Gasteiger partial charge on any atom is 0.165 e. The van der Waals surface area contributed by atoms with E-state index in [1.807, 2.05) is 47.3 Å². The summed E-state index contributed by atoms with van der Waals surface area (Å²) in [5, 5.41) is 18.7. The quantitative estimate of drug-likeness (QED) is 0.412. The lowest BCUT2D eigenvalue weighted by Crippen LogP contribution is -2.36. The number of rotatable bonds is 7. The van der Waals surface area contributed by atoms with Gasteiger partial charge in [-0.05, 0) is 50.0 Å². The third-order valence-corrected chi connectivity index (χ3v) is 6.57. The summed E-state index contributed by atoms with van der Waals surface area (Å²) in [6.07, 6.45) is 18.0. The standard InChI is InChI=1S/C26H27N7O2/c1-34-12-13-35-26(18-27)10-8-19(9-11-26)23-14-24(28)33-25(31-23)22(16-30-33)20-15-29-32(17-20)21-6-4-2-3-5-7-21/h2,4-7,14-17,19H,8-13,28H2,1H3. The third kappa shape index (κ3) is 4.55. The maximum absolute atomic E-state index is 9.74. The summed E-state index contributed by atoms with van der Waals surface area (Å²) in [5.74, 6) is 0.726. The molecule has 0 radical (unpaired) electrons. The van der Waals surface area contributed by atoms with E-state index in [9.17, 15) is 5.26 Å². The summed E-state index contributed by atoms with van der Waals surface area (Å²) in [6.45, 7) is 0.890. The lowest BCUT2D eigenvalue weighted by molar-refractivity contribution is -0.0494. The van der Waals surface area contributed by atoms with E-state index in [4.69, 9.17) is 20.2 Å². The summed E-state index contributed by atoms with van der Waals surface area (Å²) in [7, 11) is 1.63. The fourth-order valence-electron chi connectivity index (χ4n) is 4.61. The molecule has 9 nitrogen and oxygen atoms in total. The van der Waals surface area contributed by atoms with E-state index in [2.05, 4.69) is 22.0 Å². The number of hydrogen-bond donors (Lipinski definition) is 1. The van der Waals surface area contributed by atoms with Gasteiger partial charge in [-0.25, -0.2) is 9.67 Å². The van der Waals surface area contributed by atoms with E-state index in [0.717, 1.165) is 35.4 Å². The van der Waals surface area contributed by atoms with Crippen molar-refractivity contribution in [3.8, 4) is 17.2 Å².